The lowest BCUT2D eigenvalue weighted by Gasteiger charge is -2.28. The van der Waals surface area contributed by atoms with Crippen molar-refractivity contribution in [1.29, 1.82) is 0 Å². The smallest absolute Gasteiger partial charge is 0.318 e. The summed E-state index contributed by atoms with van der Waals surface area (Å²) in [7, 11) is 0. The van der Waals surface area contributed by atoms with Crippen LogP contribution in [0.1, 0.15) is 26.7 Å². The second-order valence-corrected chi connectivity index (χ2v) is 8.35. The largest absolute Gasteiger partial charge is 0.481 e. The van der Waals surface area contributed by atoms with Gasteiger partial charge in [-0.05, 0) is 50.4 Å². The molecule has 7 heteroatoms. The molecule has 7 nitrogen and oxygen atoms in total. The number of carboxylic acid groups (broad SMARTS) is 2. The van der Waals surface area contributed by atoms with Gasteiger partial charge in [0.25, 0.3) is 0 Å². The third-order valence-corrected chi connectivity index (χ3v) is 7.06. The van der Waals surface area contributed by atoms with Gasteiger partial charge >= 0.3 is 23.9 Å². The fourth-order valence-electron chi connectivity index (χ4n) is 5.94. The van der Waals surface area contributed by atoms with Crippen LogP contribution < -0.4 is 0 Å². The van der Waals surface area contributed by atoms with E-state index in [0.29, 0.717) is 12.8 Å². The number of ether oxygens (including phenoxy) is 1. The molecule has 2 saturated carbocycles. The molecule has 27 heavy (non-hydrogen) atoms. The normalized spacial score (nSPS) is 41.3. The van der Waals surface area contributed by atoms with Crippen LogP contribution in [-0.4, -0.2) is 34.1 Å². The van der Waals surface area contributed by atoms with Crippen LogP contribution in [0.2, 0.25) is 0 Å². The van der Waals surface area contributed by atoms with Crippen LogP contribution >= 0.6 is 0 Å². The molecule has 2 fully saturated rings. The first-order valence-corrected chi connectivity index (χ1v) is 9.28. The van der Waals surface area contributed by atoms with Gasteiger partial charge in [0.1, 0.15) is 0 Å². The van der Waals surface area contributed by atoms with E-state index < -0.39 is 47.5 Å². The third kappa shape index (κ3) is 2.55. The van der Waals surface area contributed by atoms with Gasteiger partial charge in [-0.25, -0.2) is 0 Å². The number of esters is 2. The number of aliphatic carboxylic acids is 2. The molecule has 4 bridgehead atoms. The van der Waals surface area contributed by atoms with Gasteiger partial charge in [-0.3, -0.25) is 19.2 Å². The Kier molecular flexibility index (Phi) is 4.01. The molecule has 4 aliphatic carbocycles. The minimum absolute atomic E-state index is 0.223. The standard InChI is InChI=1S/C20H22O7/c1-7-3-9-5-11(7)15(13(9)17(21)22)19(25)27-20(26)16-12-6-10(4-8(12)2)14(16)18(23)24/h3-4,9-16H,5-6H2,1-2H3,(H,21,22)(H,23,24). The van der Waals surface area contributed by atoms with Gasteiger partial charge in [-0.2, -0.15) is 0 Å². The highest BCUT2D eigenvalue weighted by molar-refractivity contribution is 5.94. The van der Waals surface area contributed by atoms with Crippen LogP contribution in [0.4, 0.5) is 0 Å². The van der Waals surface area contributed by atoms with E-state index in [0.717, 1.165) is 11.1 Å². The van der Waals surface area contributed by atoms with Gasteiger partial charge in [0.15, 0.2) is 0 Å². The van der Waals surface area contributed by atoms with Crippen molar-refractivity contribution in [3.8, 4) is 0 Å². The van der Waals surface area contributed by atoms with Crippen molar-refractivity contribution in [2.45, 2.75) is 26.7 Å². The SMILES string of the molecule is CC1=CC2CC1C(C(=O)OC(=O)C1C3CC(C=C3C)C1C(=O)O)C2C(=O)O. The van der Waals surface area contributed by atoms with E-state index in [9.17, 15) is 29.4 Å². The van der Waals surface area contributed by atoms with Crippen molar-refractivity contribution in [2.24, 2.45) is 47.3 Å². The zero-order valence-corrected chi connectivity index (χ0v) is 15.1. The predicted octanol–water partition coefficient (Wildman–Crippen LogP) is 1.88. The van der Waals surface area contributed by atoms with Gasteiger partial charge in [-0.15, -0.1) is 0 Å². The molecule has 8 atom stereocenters. The second kappa shape index (κ2) is 6.04. The molecular formula is C20H22O7. The summed E-state index contributed by atoms with van der Waals surface area (Å²) in [6.45, 7) is 3.71. The Bertz CT molecular complexity index is 741. The van der Waals surface area contributed by atoms with E-state index in [4.69, 9.17) is 4.74 Å². The molecule has 0 radical (unpaired) electrons. The Morgan fingerprint density at radius 3 is 1.48 bits per heavy atom. The maximum absolute atomic E-state index is 12.7. The number of hydrogen-bond donors (Lipinski definition) is 2. The number of carboxylic acids is 2. The Morgan fingerprint density at radius 1 is 0.778 bits per heavy atom. The van der Waals surface area contributed by atoms with Crippen molar-refractivity contribution in [2.75, 3.05) is 0 Å². The summed E-state index contributed by atoms with van der Waals surface area (Å²) in [6, 6.07) is 0. The molecule has 4 rings (SSSR count). The lowest BCUT2D eigenvalue weighted by Crippen LogP contribution is -2.40. The maximum Gasteiger partial charge on any atom is 0.318 e. The van der Waals surface area contributed by atoms with Crippen molar-refractivity contribution < 1.29 is 34.1 Å². The first-order valence-electron chi connectivity index (χ1n) is 9.28. The van der Waals surface area contributed by atoms with Crippen LogP contribution in [0.15, 0.2) is 23.3 Å². The molecule has 0 aliphatic heterocycles. The summed E-state index contributed by atoms with van der Waals surface area (Å²) in [5, 5.41) is 19.0. The number of rotatable bonds is 4. The average molecular weight is 374 g/mol. The molecule has 144 valence electrons. The topological polar surface area (TPSA) is 118 Å². The summed E-state index contributed by atoms with van der Waals surface area (Å²) >= 11 is 0. The molecule has 0 heterocycles. The van der Waals surface area contributed by atoms with Gasteiger partial charge < -0.3 is 14.9 Å². The first-order chi connectivity index (χ1) is 12.7. The zero-order valence-electron chi connectivity index (χ0n) is 15.1. The first kappa shape index (κ1) is 17.9. The van der Waals surface area contributed by atoms with E-state index in [1.54, 1.807) is 0 Å². The summed E-state index contributed by atoms with van der Waals surface area (Å²) < 4.78 is 5.12. The number of hydrogen-bond acceptors (Lipinski definition) is 5. The van der Waals surface area contributed by atoms with Crippen molar-refractivity contribution in [1.82, 2.24) is 0 Å². The van der Waals surface area contributed by atoms with Crippen LogP contribution in [-0.2, 0) is 23.9 Å². The summed E-state index contributed by atoms with van der Waals surface area (Å²) in [4.78, 5) is 48.7. The fraction of sp³-hybridized carbons (Fsp3) is 0.600. The van der Waals surface area contributed by atoms with Crippen molar-refractivity contribution in [3.05, 3.63) is 23.3 Å². The Hall–Kier alpha value is -2.44. The summed E-state index contributed by atoms with van der Waals surface area (Å²) in [6.07, 6.45) is 4.92. The molecule has 2 N–H and O–H groups in total. The van der Waals surface area contributed by atoms with Gasteiger partial charge in [0, 0.05) is 0 Å². The molecule has 0 aromatic rings. The van der Waals surface area contributed by atoms with Gasteiger partial charge in [0.2, 0.25) is 0 Å². The molecule has 0 spiro atoms. The van der Waals surface area contributed by atoms with Gasteiger partial charge in [-0.1, -0.05) is 23.3 Å². The number of allylic oxidation sites excluding steroid dienone is 4. The van der Waals surface area contributed by atoms with Crippen LogP contribution in [0, 0.1) is 47.3 Å². The molecular weight excluding hydrogens is 352 g/mol. The highest BCUT2D eigenvalue weighted by atomic mass is 16.6. The minimum atomic E-state index is -1.07. The fourth-order valence-corrected chi connectivity index (χ4v) is 5.94. The van der Waals surface area contributed by atoms with Crippen LogP contribution in [0.5, 0.6) is 0 Å². The maximum atomic E-state index is 12.7. The lowest BCUT2D eigenvalue weighted by atomic mass is 9.79. The number of carbonyl (C=O) groups excluding carboxylic acids is 2. The highest BCUT2D eigenvalue weighted by Gasteiger charge is 2.57. The summed E-state index contributed by atoms with van der Waals surface area (Å²) in [5.74, 6) is -8.26. The van der Waals surface area contributed by atoms with Crippen LogP contribution in [0.3, 0.4) is 0 Å². The third-order valence-electron chi connectivity index (χ3n) is 7.06. The van der Waals surface area contributed by atoms with Crippen molar-refractivity contribution >= 4 is 23.9 Å². The van der Waals surface area contributed by atoms with Gasteiger partial charge in [0.05, 0.1) is 23.7 Å². The quantitative estimate of drug-likeness (QED) is 0.438. The number of fused-ring (bicyclic) bond motifs is 4. The van der Waals surface area contributed by atoms with E-state index in [-0.39, 0.29) is 23.7 Å². The molecule has 0 aromatic heterocycles. The molecule has 0 saturated heterocycles. The lowest BCUT2D eigenvalue weighted by molar-refractivity contribution is -0.173. The Labute approximate surface area is 156 Å². The Morgan fingerprint density at radius 2 is 1.15 bits per heavy atom. The molecule has 0 amide bonds. The van der Waals surface area contributed by atoms with Crippen LogP contribution in [0.25, 0.3) is 0 Å². The minimum Gasteiger partial charge on any atom is -0.481 e. The van der Waals surface area contributed by atoms with Crippen molar-refractivity contribution in [3.63, 3.8) is 0 Å². The van der Waals surface area contributed by atoms with E-state index in [1.165, 1.54) is 0 Å². The highest BCUT2D eigenvalue weighted by Crippen LogP contribution is 2.54. The van der Waals surface area contributed by atoms with E-state index in [1.807, 2.05) is 26.0 Å². The molecule has 4 aliphatic rings. The average Bonchev–Trinajstić information content (AvgIpc) is 3.30. The zero-order chi connectivity index (χ0) is 19.6. The molecule has 8 unspecified atom stereocenters. The number of carbonyl (C=O) groups is 4. The molecule has 0 aromatic carbocycles. The monoisotopic (exact) mass is 374 g/mol. The Balaban J connectivity index is 1.54. The summed E-state index contributed by atoms with van der Waals surface area (Å²) in [5.41, 5.74) is 1.91. The van der Waals surface area contributed by atoms with E-state index in [2.05, 4.69) is 0 Å². The predicted molar refractivity (Wildman–Crippen MR) is 91.0 cm³/mol. The van der Waals surface area contributed by atoms with E-state index >= 15 is 0 Å². The second-order valence-electron chi connectivity index (χ2n) is 8.35.